The molecule has 5 rings (SSSR count). The zero-order valence-electron chi connectivity index (χ0n) is 18.1. The van der Waals surface area contributed by atoms with Gasteiger partial charge in [0.05, 0.1) is 5.56 Å². The first-order valence-electron chi connectivity index (χ1n) is 11.0. The zero-order valence-corrected chi connectivity index (χ0v) is 18.9. The predicted octanol–water partition coefficient (Wildman–Crippen LogP) is 4.61. The number of amides is 2. The van der Waals surface area contributed by atoms with E-state index in [4.69, 9.17) is 9.26 Å². The maximum absolute atomic E-state index is 13.0. The van der Waals surface area contributed by atoms with Crippen molar-refractivity contribution in [3.05, 3.63) is 51.5 Å². The van der Waals surface area contributed by atoms with Crippen LogP contribution in [0.1, 0.15) is 63.5 Å². The first-order valence-corrected chi connectivity index (χ1v) is 11.9. The lowest BCUT2D eigenvalue weighted by Gasteiger charge is -2.12. The van der Waals surface area contributed by atoms with E-state index in [-0.39, 0.29) is 23.6 Å². The van der Waals surface area contributed by atoms with E-state index in [0.29, 0.717) is 22.9 Å². The van der Waals surface area contributed by atoms with Crippen molar-refractivity contribution in [3.63, 3.8) is 0 Å². The summed E-state index contributed by atoms with van der Waals surface area (Å²) >= 11 is 1.49. The Balaban J connectivity index is 1.39. The molecule has 166 valence electrons. The number of anilines is 1. The molecule has 1 aliphatic carbocycles. The second-order valence-corrected chi connectivity index (χ2v) is 9.37. The Kier molecular flexibility index (Phi) is 5.46. The number of hydrogen-bond donors (Lipinski definition) is 2. The third-order valence-electron chi connectivity index (χ3n) is 5.89. The Morgan fingerprint density at radius 3 is 2.88 bits per heavy atom. The molecule has 1 aromatic carbocycles. The van der Waals surface area contributed by atoms with E-state index in [2.05, 4.69) is 15.8 Å². The van der Waals surface area contributed by atoms with Gasteiger partial charge in [-0.05, 0) is 68.9 Å². The second kappa shape index (κ2) is 8.43. The number of carbonyl (C=O) groups is 2. The third kappa shape index (κ3) is 3.79. The van der Waals surface area contributed by atoms with Gasteiger partial charge in [0.1, 0.15) is 16.9 Å². The molecule has 1 unspecified atom stereocenters. The summed E-state index contributed by atoms with van der Waals surface area (Å²) in [6.07, 6.45) is 4.97. The van der Waals surface area contributed by atoms with Crippen LogP contribution >= 0.6 is 11.3 Å². The van der Waals surface area contributed by atoms with E-state index in [0.717, 1.165) is 54.5 Å². The largest absolute Gasteiger partial charge is 0.490 e. The van der Waals surface area contributed by atoms with E-state index >= 15 is 0 Å². The number of ether oxygens (including phenoxy) is 1. The Morgan fingerprint density at radius 1 is 1.19 bits per heavy atom. The molecule has 3 aromatic rings. The van der Waals surface area contributed by atoms with Crippen LogP contribution in [-0.4, -0.2) is 29.6 Å². The maximum Gasteiger partial charge on any atom is 0.278 e. The summed E-state index contributed by atoms with van der Waals surface area (Å²) < 4.78 is 11.2. The van der Waals surface area contributed by atoms with Crippen LogP contribution in [0.25, 0.3) is 11.3 Å². The van der Waals surface area contributed by atoms with Crippen LogP contribution in [0.5, 0.6) is 5.75 Å². The van der Waals surface area contributed by atoms with Gasteiger partial charge in [0, 0.05) is 29.5 Å². The van der Waals surface area contributed by atoms with Crippen molar-refractivity contribution in [1.29, 1.82) is 0 Å². The van der Waals surface area contributed by atoms with Crippen molar-refractivity contribution in [2.24, 2.45) is 0 Å². The molecule has 7 nitrogen and oxygen atoms in total. The minimum atomic E-state index is -0.387. The SMILES string of the molecule is CCNC(=O)c1c(NC(=O)c2cc(-c3ccc4c(c3)CC(C)O4)on2)sc2c1CCCC2. The number of nitrogens with zero attached hydrogens (tertiary/aromatic N) is 1. The summed E-state index contributed by atoms with van der Waals surface area (Å²) in [6.45, 7) is 4.46. The molecule has 0 saturated heterocycles. The molecule has 8 heteroatoms. The summed E-state index contributed by atoms with van der Waals surface area (Å²) in [5.74, 6) is 0.880. The maximum atomic E-state index is 13.0. The molecule has 1 atom stereocenters. The van der Waals surface area contributed by atoms with E-state index in [1.54, 1.807) is 6.07 Å². The van der Waals surface area contributed by atoms with Crippen molar-refractivity contribution in [2.75, 3.05) is 11.9 Å². The van der Waals surface area contributed by atoms with Gasteiger partial charge in [0.15, 0.2) is 11.5 Å². The Labute approximate surface area is 190 Å². The molecule has 0 fully saturated rings. The second-order valence-electron chi connectivity index (χ2n) is 8.26. The predicted molar refractivity (Wildman–Crippen MR) is 123 cm³/mol. The molecule has 2 amide bonds. The van der Waals surface area contributed by atoms with E-state index < -0.39 is 0 Å². The van der Waals surface area contributed by atoms with E-state index in [1.807, 2.05) is 32.0 Å². The van der Waals surface area contributed by atoms with Crippen molar-refractivity contribution >= 4 is 28.2 Å². The van der Waals surface area contributed by atoms with Crippen LogP contribution in [0.2, 0.25) is 0 Å². The molecule has 2 N–H and O–H groups in total. The number of benzene rings is 1. The lowest BCUT2D eigenvalue weighted by Crippen LogP contribution is -2.25. The number of fused-ring (bicyclic) bond motifs is 2. The molecular weight excluding hydrogens is 426 g/mol. The number of thiophene rings is 1. The van der Waals surface area contributed by atoms with Crippen molar-refractivity contribution < 1.29 is 18.8 Å². The summed E-state index contributed by atoms with van der Waals surface area (Å²) in [5.41, 5.74) is 3.81. The van der Waals surface area contributed by atoms with Gasteiger partial charge < -0.3 is 19.9 Å². The molecule has 3 heterocycles. The van der Waals surface area contributed by atoms with Crippen LogP contribution in [0.3, 0.4) is 0 Å². The van der Waals surface area contributed by atoms with E-state index in [1.165, 1.54) is 16.2 Å². The van der Waals surface area contributed by atoms with Gasteiger partial charge >= 0.3 is 0 Å². The highest BCUT2D eigenvalue weighted by molar-refractivity contribution is 7.17. The van der Waals surface area contributed by atoms with E-state index in [9.17, 15) is 9.59 Å². The number of nitrogens with one attached hydrogen (secondary N) is 2. The van der Waals surface area contributed by atoms with Gasteiger partial charge in [-0.3, -0.25) is 9.59 Å². The molecule has 0 bridgehead atoms. The summed E-state index contributed by atoms with van der Waals surface area (Å²) in [5, 5.41) is 10.3. The Morgan fingerprint density at radius 2 is 2.03 bits per heavy atom. The Hall–Kier alpha value is -3.13. The van der Waals surface area contributed by atoms with Crippen molar-refractivity contribution in [2.45, 2.75) is 52.1 Å². The minimum absolute atomic E-state index is 0.141. The van der Waals surface area contributed by atoms with Crippen molar-refractivity contribution in [1.82, 2.24) is 10.5 Å². The molecule has 0 spiro atoms. The van der Waals surface area contributed by atoms with Gasteiger partial charge in [-0.25, -0.2) is 0 Å². The smallest absolute Gasteiger partial charge is 0.278 e. The van der Waals surface area contributed by atoms with Gasteiger partial charge in [0.2, 0.25) is 0 Å². The lowest BCUT2D eigenvalue weighted by molar-refractivity contribution is 0.0956. The van der Waals surface area contributed by atoms with Gasteiger partial charge in [-0.15, -0.1) is 11.3 Å². The molecule has 1 aliphatic heterocycles. The highest BCUT2D eigenvalue weighted by atomic mass is 32.1. The summed E-state index contributed by atoms with van der Waals surface area (Å²) in [7, 11) is 0. The fourth-order valence-electron chi connectivity index (χ4n) is 4.40. The van der Waals surface area contributed by atoms with Crippen LogP contribution in [0.15, 0.2) is 28.8 Å². The molecular formula is C24H25N3O4S. The molecule has 32 heavy (non-hydrogen) atoms. The summed E-state index contributed by atoms with van der Waals surface area (Å²) in [6, 6.07) is 7.47. The average molecular weight is 452 g/mol. The number of aromatic nitrogens is 1. The van der Waals surface area contributed by atoms with Gasteiger partial charge in [-0.1, -0.05) is 5.16 Å². The summed E-state index contributed by atoms with van der Waals surface area (Å²) in [4.78, 5) is 26.9. The number of hydrogen-bond acceptors (Lipinski definition) is 6. The molecule has 2 aliphatic rings. The quantitative estimate of drug-likeness (QED) is 0.591. The van der Waals surface area contributed by atoms with Crippen LogP contribution in [0, 0.1) is 0 Å². The molecule has 2 aromatic heterocycles. The lowest BCUT2D eigenvalue weighted by atomic mass is 9.95. The monoisotopic (exact) mass is 451 g/mol. The fourth-order valence-corrected chi connectivity index (χ4v) is 5.69. The first kappa shape index (κ1) is 20.8. The number of aryl methyl sites for hydroxylation is 1. The number of rotatable bonds is 5. The van der Waals surface area contributed by atoms with Crippen molar-refractivity contribution in [3.8, 4) is 17.1 Å². The zero-order chi connectivity index (χ0) is 22.2. The van der Waals surface area contributed by atoms with Crippen LogP contribution in [0.4, 0.5) is 5.00 Å². The normalized spacial score (nSPS) is 16.8. The first-order chi connectivity index (χ1) is 15.5. The Bertz CT molecular complexity index is 1200. The fraction of sp³-hybridized carbons (Fsp3) is 0.375. The topological polar surface area (TPSA) is 93.5 Å². The van der Waals surface area contributed by atoms with Crippen LogP contribution < -0.4 is 15.4 Å². The number of carbonyl (C=O) groups excluding carboxylic acids is 2. The highest BCUT2D eigenvalue weighted by Gasteiger charge is 2.27. The van der Waals surface area contributed by atoms with Gasteiger partial charge in [0.25, 0.3) is 11.8 Å². The minimum Gasteiger partial charge on any atom is -0.490 e. The molecule has 0 saturated carbocycles. The van der Waals surface area contributed by atoms with Crippen LogP contribution in [-0.2, 0) is 19.3 Å². The standard InChI is InChI=1S/C24H25N3O4S/c1-3-25-23(29)21-16-6-4-5-7-20(16)32-24(21)26-22(28)17-12-19(31-27-17)14-8-9-18-15(11-14)10-13(2)30-18/h8-9,11-13H,3-7,10H2,1-2H3,(H,25,29)(H,26,28). The van der Waals surface area contributed by atoms with Gasteiger partial charge in [-0.2, -0.15) is 0 Å². The highest BCUT2D eigenvalue weighted by Crippen LogP contribution is 2.38. The molecule has 0 radical (unpaired) electrons. The average Bonchev–Trinajstić information content (AvgIpc) is 3.48. The third-order valence-corrected chi connectivity index (χ3v) is 7.09.